The summed E-state index contributed by atoms with van der Waals surface area (Å²) in [6, 6.07) is 0. The molecular weight excluding hydrogens is 116 g/mol. The first-order valence-electron chi connectivity index (χ1n) is 3.23. The molecular formula is C6H10N2O. The molecule has 9 heavy (non-hydrogen) atoms. The molecule has 0 radical (unpaired) electrons. The summed E-state index contributed by atoms with van der Waals surface area (Å²) in [5, 5.41) is 3.92. The Hall–Kier alpha value is -0.570. The van der Waals surface area contributed by atoms with Crippen molar-refractivity contribution in [1.29, 1.82) is 0 Å². The van der Waals surface area contributed by atoms with Crippen LogP contribution in [0, 0.1) is 5.92 Å². The normalized spacial score (nSPS) is 33.9. The largest absolute Gasteiger partial charge is 0.395 e. The number of rotatable bonds is 0. The van der Waals surface area contributed by atoms with Gasteiger partial charge in [0, 0.05) is 13.1 Å². The van der Waals surface area contributed by atoms with Gasteiger partial charge in [-0.1, -0.05) is 5.16 Å². The Morgan fingerprint density at radius 3 is 3.44 bits per heavy atom. The maximum absolute atomic E-state index is 4.92. The quantitative estimate of drug-likeness (QED) is 0.454. The monoisotopic (exact) mass is 126 g/mol. The summed E-state index contributed by atoms with van der Waals surface area (Å²) in [5.74, 6) is 0.606. The summed E-state index contributed by atoms with van der Waals surface area (Å²) in [6.45, 7) is 2.93. The highest BCUT2D eigenvalue weighted by Crippen LogP contribution is 2.17. The van der Waals surface area contributed by atoms with Gasteiger partial charge in [-0.3, -0.25) is 4.90 Å². The van der Waals surface area contributed by atoms with Crippen LogP contribution in [0.4, 0.5) is 0 Å². The molecule has 0 spiro atoms. The molecule has 3 heteroatoms. The number of likely N-dealkylation sites (tertiary alicyclic amines) is 1. The van der Waals surface area contributed by atoms with Gasteiger partial charge in [0.05, 0.1) is 11.6 Å². The topological polar surface area (TPSA) is 24.8 Å². The van der Waals surface area contributed by atoms with Crippen LogP contribution in [0.5, 0.6) is 0 Å². The average molecular weight is 126 g/mol. The molecule has 0 saturated carbocycles. The number of hydrogen-bond donors (Lipinski definition) is 0. The highest BCUT2D eigenvalue weighted by atomic mass is 16.6. The van der Waals surface area contributed by atoms with E-state index in [1.54, 1.807) is 0 Å². The van der Waals surface area contributed by atoms with Crippen LogP contribution < -0.4 is 0 Å². The molecule has 3 nitrogen and oxygen atoms in total. The van der Waals surface area contributed by atoms with E-state index in [9.17, 15) is 0 Å². The molecule has 0 aromatic carbocycles. The molecule has 1 saturated heterocycles. The Morgan fingerprint density at radius 1 is 1.78 bits per heavy atom. The zero-order chi connectivity index (χ0) is 6.27. The summed E-state index contributed by atoms with van der Waals surface area (Å²) in [4.78, 5) is 7.19. The summed E-state index contributed by atoms with van der Waals surface area (Å²) < 4.78 is 0. The lowest BCUT2D eigenvalue weighted by molar-refractivity contribution is 0.145. The molecule has 2 heterocycles. The maximum Gasteiger partial charge on any atom is 0.126 e. The molecule has 1 fully saturated rings. The summed E-state index contributed by atoms with van der Waals surface area (Å²) in [7, 11) is 2.11. The Kier molecular flexibility index (Phi) is 0.990. The first-order valence-corrected chi connectivity index (χ1v) is 3.23. The van der Waals surface area contributed by atoms with Crippen molar-refractivity contribution in [2.24, 2.45) is 11.1 Å². The molecule has 0 aromatic heterocycles. The molecule has 1 unspecified atom stereocenters. The van der Waals surface area contributed by atoms with Gasteiger partial charge in [-0.25, -0.2) is 0 Å². The fourth-order valence-electron chi connectivity index (χ4n) is 1.41. The van der Waals surface area contributed by atoms with E-state index in [-0.39, 0.29) is 0 Å². The van der Waals surface area contributed by atoms with Crippen LogP contribution in [-0.2, 0) is 4.84 Å². The lowest BCUT2D eigenvalue weighted by Crippen LogP contribution is -2.15. The van der Waals surface area contributed by atoms with Gasteiger partial charge in [0.25, 0.3) is 0 Å². The van der Waals surface area contributed by atoms with E-state index in [0.717, 1.165) is 19.7 Å². The molecule has 2 aliphatic rings. The van der Waals surface area contributed by atoms with Gasteiger partial charge < -0.3 is 4.84 Å². The van der Waals surface area contributed by atoms with Gasteiger partial charge in [-0.2, -0.15) is 0 Å². The van der Waals surface area contributed by atoms with Crippen LogP contribution in [0.15, 0.2) is 5.16 Å². The van der Waals surface area contributed by atoms with Crippen molar-refractivity contribution in [3.05, 3.63) is 0 Å². The lowest BCUT2D eigenvalue weighted by Gasteiger charge is -2.04. The van der Waals surface area contributed by atoms with Gasteiger partial charge >= 0.3 is 0 Å². The zero-order valence-corrected chi connectivity index (χ0v) is 5.50. The second kappa shape index (κ2) is 1.70. The molecule has 1 atom stereocenters. The predicted molar refractivity (Wildman–Crippen MR) is 34.4 cm³/mol. The molecule has 2 aliphatic heterocycles. The first-order chi connectivity index (χ1) is 4.36. The average Bonchev–Trinajstić information content (AvgIpc) is 2.22. The van der Waals surface area contributed by atoms with Crippen molar-refractivity contribution < 1.29 is 4.84 Å². The Labute approximate surface area is 54.3 Å². The minimum Gasteiger partial charge on any atom is -0.395 e. The van der Waals surface area contributed by atoms with Crippen LogP contribution in [-0.4, -0.2) is 37.4 Å². The molecule has 50 valence electrons. The molecule has 0 aromatic rings. The summed E-state index contributed by atoms with van der Waals surface area (Å²) >= 11 is 0. The standard InChI is InChI=1S/C6H10N2O/c1-8-2-5-4-9-7-6(5)3-8/h5H,2-4H2,1H3. The highest BCUT2D eigenvalue weighted by molar-refractivity contribution is 5.91. The molecule has 0 N–H and O–H groups in total. The molecule has 0 aliphatic carbocycles. The first kappa shape index (κ1) is 5.23. The van der Waals surface area contributed by atoms with Crippen LogP contribution in [0.2, 0.25) is 0 Å². The Balaban J connectivity index is 2.15. The Bertz CT molecular complexity index is 155. The third-order valence-electron chi connectivity index (χ3n) is 1.89. The smallest absolute Gasteiger partial charge is 0.126 e. The van der Waals surface area contributed by atoms with Crippen LogP contribution in [0.25, 0.3) is 0 Å². The van der Waals surface area contributed by atoms with Gasteiger partial charge in [0.1, 0.15) is 6.61 Å². The minimum absolute atomic E-state index is 0.606. The number of hydrogen-bond acceptors (Lipinski definition) is 3. The third kappa shape index (κ3) is 0.721. The van der Waals surface area contributed by atoms with E-state index in [2.05, 4.69) is 17.1 Å². The fourth-order valence-corrected chi connectivity index (χ4v) is 1.41. The van der Waals surface area contributed by atoms with E-state index in [0.29, 0.717) is 5.92 Å². The summed E-state index contributed by atoms with van der Waals surface area (Å²) in [6.07, 6.45) is 0. The van der Waals surface area contributed by atoms with E-state index in [4.69, 9.17) is 4.84 Å². The van der Waals surface area contributed by atoms with Crippen molar-refractivity contribution in [2.45, 2.75) is 0 Å². The summed E-state index contributed by atoms with van der Waals surface area (Å²) in [5.41, 5.74) is 1.23. The second-order valence-electron chi connectivity index (χ2n) is 2.77. The van der Waals surface area contributed by atoms with Crippen LogP contribution >= 0.6 is 0 Å². The van der Waals surface area contributed by atoms with E-state index >= 15 is 0 Å². The van der Waals surface area contributed by atoms with Crippen LogP contribution in [0.3, 0.4) is 0 Å². The number of fused-ring (bicyclic) bond motifs is 1. The molecule has 0 bridgehead atoms. The van der Waals surface area contributed by atoms with Crippen molar-refractivity contribution in [1.82, 2.24) is 4.90 Å². The Morgan fingerprint density at radius 2 is 2.67 bits per heavy atom. The van der Waals surface area contributed by atoms with Gasteiger partial charge in [0.2, 0.25) is 0 Å². The van der Waals surface area contributed by atoms with Crippen molar-refractivity contribution in [3.8, 4) is 0 Å². The van der Waals surface area contributed by atoms with Crippen molar-refractivity contribution >= 4 is 5.71 Å². The van der Waals surface area contributed by atoms with E-state index in [1.807, 2.05) is 0 Å². The molecule has 0 amide bonds. The highest BCUT2D eigenvalue weighted by Gasteiger charge is 2.31. The molecule has 2 rings (SSSR count). The number of oxime groups is 1. The predicted octanol–water partition coefficient (Wildman–Crippen LogP) is -0.0658. The van der Waals surface area contributed by atoms with Crippen molar-refractivity contribution in [2.75, 3.05) is 26.7 Å². The SMILES string of the molecule is CN1CC2=NOCC2C1. The van der Waals surface area contributed by atoms with Gasteiger partial charge in [-0.15, -0.1) is 0 Å². The van der Waals surface area contributed by atoms with E-state index < -0.39 is 0 Å². The zero-order valence-electron chi connectivity index (χ0n) is 5.50. The minimum atomic E-state index is 0.606. The lowest BCUT2D eigenvalue weighted by atomic mass is 10.1. The van der Waals surface area contributed by atoms with E-state index in [1.165, 1.54) is 5.71 Å². The van der Waals surface area contributed by atoms with Gasteiger partial charge in [0.15, 0.2) is 0 Å². The van der Waals surface area contributed by atoms with Gasteiger partial charge in [-0.05, 0) is 7.05 Å². The van der Waals surface area contributed by atoms with Crippen LogP contribution in [0.1, 0.15) is 0 Å². The second-order valence-corrected chi connectivity index (χ2v) is 2.77. The maximum atomic E-state index is 4.92. The fraction of sp³-hybridized carbons (Fsp3) is 0.833. The third-order valence-corrected chi connectivity index (χ3v) is 1.89. The van der Waals surface area contributed by atoms with Crippen molar-refractivity contribution in [3.63, 3.8) is 0 Å². The number of nitrogens with zero attached hydrogens (tertiary/aromatic N) is 2.